The SMILES string of the molecule is C=C(C)C(=O)COCOC1C(F)OC1(F)F. The molecule has 0 aromatic heterocycles. The number of Topliss-reactive ketones (excluding diaryl/α,β-unsaturated/α-hetero) is 1. The van der Waals surface area contributed by atoms with E-state index >= 15 is 0 Å². The summed E-state index contributed by atoms with van der Waals surface area (Å²) >= 11 is 0. The Labute approximate surface area is 90.0 Å². The summed E-state index contributed by atoms with van der Waals surface area (Å²) in [6.45, 7) is 3.90. The van der Waals surface area contributed by atoms with Crippen molar-refractivity contribution >= 4 is 5.78 Å². The average Bonchev–Trinajstić information content (AvgIpc) is 2.15. The van der Waals surface area contributed by atoms with Gasteiger partial charge in [-0.05, 0) is 12.5 Å². The lowest BCUT2D eigenvalue weighted by Gasteiger charge is -2.38. The lowest BCUT2D eigenvalue weighted by Crippen LogP contribution is -2.58. The lowest BCUT2D eigenvalue weighted by atomic mass is 10.2. The Morgan fingerprint density at radius 2 is 2.19 bits per heavy atom. The van der Waals surface area contributed by atoms with E-state index < -0.39 is 25.4 Å². The van der Waals surface area contributed by atoms with Gasteiger partial charge in [0, 0.05) is 0 Å². The Bertz CT molecular complexity index is 292. The number of halogens is 3. The largest absolute Gasteiger partial charge is 0.389 e. The molecule has 0 spiro atoms. The molecule has 1 aliphatic heterocycles. The minimum atomic E-state index is -3.64. The molecular formula is C9H11F3O4. The molecule has 7 heteroatoms. The molecule has 1 saturated heterocycles. The van der Waals surface area contributed by atoms with Crippen molar-refractivity contribution in [2.75, 3.05) is 13.4 Å². The van der Waals surface area contributed by atoms with Crippen LogP contribution in [0.25, 0.3) is 0 Å². The maximum Gasteiger partial charge on any atom is 0.389 e. The van der Waals surface area contributed by atoms with Crippen LogP contribution in [0.5, 0.6) is 0 Å². The minimum Gasteiger partial charge on any atom is -0.347 e. The molecule has 0 radical (unpaired) electrons. The van der Waals surface area contributed by atoms with Crippen molar-refractivity contribution in [3.05, 3.63) is 12.2 Å². The molecule has 0 N–H and O–H groups in total. The van der Waals surface area contributed by atoms with Crippen molar-refractivity contribution in [1.82, 2.24) is 0 Å². The van der Waals surface area contributed by atoms with Crippen LogP contribution in [0.3, 0.4) is 0 Å². The quantitative estimate of drug-likeness (QED) is 0.400. The smallest absolute Gasteiger partial charge is 0.347 e. The molecule has 0 bridgehead atoms. The molecule has 1 fully saturated rings. The summed E-state index contributed by atoms with van der Waals surface area (Å²) in [6, 6.07) is 0. The monoisotopic (exact) mass is 240 g/mol. The Morgan fingerprint density at radius 3 is 2.62 bits per heavy atom. The van der Waals surface area contributed by atoms with Gasteiger partial charge in [-0.1, -0.05) is 6.58 Å². The fourth-order valence-electron chi connectivity index (χ4n) is 0.911. The minimum absolute atomic E-state index is 0.278. The van der Waals surface area contributed by atoms with Gasteiger partial charge in [0.05, 0.1) is 0 Å². The summed E-state index contributed by atoms with van der Waals surface area (Å²) in [5.74, 6) is -0.378. The summed E-state index contributed by atoms with van der Waals surface area (Å²) in [5.41, 5.74) is 0.278. The first-order valence-corrected chi connectivity index (χ1v) is 4.42. The van der Waals surface area contributed by atoms with Gasteiger partial charge in [-0.2, -0.15) is 8.78 Å². The number of ketones is 1. The number of hydrogen-bond donors (Lipinski definition) is 0. The molecule has 1 aliphatic rings. The Morgan fingerprint density at radius 1 is 1.56 bits per heavy atom. The highest BCUT2D eigenvalue weighted by Crippen LogP contribution is 2.38. The number of alkyl halides is 3. The molecule has 0 amide bonds. The highest BCUT2D eigenvalue weighted by molar-refractivity contribution is 5.95. The predicted octanol–water partition coefficient (Wildman–Crippen LogP) is 1.41. The van der Waals surface area contributed by atoms with Crippen molar-refractivity contribution in [2.45, 2.75) is 25.5 Å². The van der Waals surface area contributed by atoms with Crippen LogP contribution >= 0.6 is 0 Å². The van der Waals surface area contributed by atoms with E-state index in [2.05, 4.69) is 20.8 Å². The normalized spacial score (nSPS) is 27.2. The zero-order valence-electron chi connectivity index (χ0n) is 8.54. The second-order valence-electron chi connectivity index (χ2n) is 3.29. The van der Waals surface area contributed by atoms with Crippen molar-refractivity contribution < 1.29 is 32.2 Å². The zero-order valence-corrected chi connectivity index (χ0v) is 8.54. The van der Waals surface area contributed by atoms with E-state index in [1.165, 1.54) is 6.92 Å². The lowest BCUT2D eigenvalue weighted by molar-refractivity contribution is -0.451. The molecule has 16 heavy (non-hydrogen) atoms. The summed E-state index contributed by atoms with van der Waals surface area (Å²) in [7, 11) is 0. The third-order valence-electron chi connectivity index (χ3n) is 1.88. The summed E-state index contributed by atoms with van der Waals surface area (Å²) in [5, 5.41) is 0. The second-order valence-corrected chi connectivity index (χ2v) is 3.29. The van der Waals surface area contributed by atoms with Crippen LogP contribution in [0.1, 0.15) is 6.92 Å². The van der Waals surface area contributed by atoms with Crippen molar-refractivity contribution in [3.8, 4) is 0 Å². The first kappa shape index (κ1) is 13.1. The van der Waals surface area contributed by atoms with E-state index in [9.17, 15) is 18.0 Å². The van der Waals surface area contributed by atoms with Crippen LogP contribution in [0, 0.1) is 0 Å². The highest BCUT2D eigenvalue weighted by Gasteiger charge is 2.60. The summed E-state index contributed by atoms with van der Waals surface area (Å²) in [6.07, 6.45) is -7.79. The van der Waals surface area contributed by atoms with Gasteiger partial charge in [0.2, 0.25) is 12.5 Å². The molecule has 2 unspecified atom stereocenters. The number of rotatable bonds is 6. The first-order chi connectivity index (χ1) is 7.34. The third-order valence-corrected chi connectivity index (χ3v) is 1.88. The van der Waals surface area contributed by atoms with Gasteiger partial charge in [0.25, 0.3) is 0 Å². The highest BCUT2D eigenvalue weighted by atomic mass is 19.3. The molecule has 1 heterocycles. The molecule has 2 atom stereocenters. The molecule has 92 valence electrons. The van der Waals surface area contributed by atoms with Crippen molar-refractivity contribution in [1.29, 1.82) is 0 Å². The molecule has 1 rings (SSSR count). The number of carbonyl (C=O) groups is 1. The van der Waals surface area contributed by atoms with E-state index in [1.54, 1.807) is 0 Å². The predicted molar refractivity (Wildman–Crippen MR) is 46.4 cm³/mol. The van der Waals surface area contributed by atoms with E-state index in [0.29, 0.717) is 0 Å². The number of ether oxygens (including phenoxy) is 3. The van der Waals surface area contributed by atoms with Crippen molar-refractivity contribution in [3.63, 3.8) is 0 Å². The second kappa shape index (κ2) is 4.94. The Hall–Kier alpha value is -0.920. The molecule has 0 saturated carbocycles. The molecule has 0 aromatic carbocycles. The molecule has 4 nitrogen and oxygen atoms in total. The molecule has 0 aliphatic carbocycles. The van der Waals surface area contributed by atoms with Crippen LogP contribution in [-0.4, -0.2) is 37.8 Å². The van der Waals surface area contributed by atoms with Gasteiger partial charge in [-0.3, -0.25) is 9.53 Å². The first-order valence-electron chi connectivity index (χ1n) is 4.42. The van der Waals surface area contributed by atoms with Crippen LogP contribution in [0.15, 0.2) is 12.2 Å². The molecular weight excluding hydrogens is 229 g/mol. The Kier molecular flexibility index (Phi) is 4.06. The van der Waals surface area contributed by atoms with Gasteiger partial charge in [-0.25, -0.2) is 4.39 Å². The fourth-order valence-corrected chi connectivity index (χ4v) is 0.911. The van der Waals surface area contributed by atoms with Crippen molar-refractivity contribution in [2.24, 2.45) is 0 Å². The average molecular weight is 240 g/mol. The molecule has 0 aromatic rings. The fraction of sp³-hybridized carbons (Fsp3) is 0.667. The summed E-state index contributed by atoms with van der Waals surface area (Å²) < 4.78 is 49.8. The summed E-state index contributed by atoms with van der Waals surface area (Å²) in [4.78, 5) is 10.9. The topological polar surface area (TPSA) is 44.8 Å². The third kappa shape index (κ3) is 3.03. The van der Waals surface area contributed by atoms with E-state index in [-0.39, 0.29) is 18.0 Å². The standard InChI is InChI=1S/C9H11F3O4/c1-5(2)6(13)3-14-4-15-7-8(10)16-9(7,11)12/h7-8H,1,3-4H2,2H3. The maximum atomic E-state index is 12.4. The number of hydrogen-bond acceptors (Lipinski definition) is 4. The van der Waals surface area contributed by atoms with Gasteiger partial charge >= 0.3 is 6.11 Å². The van der Waals surface area contributed by atoms with Crippen LogP contribution in [0.2, 0.25) is 0 Å². The van der Waals surface area contributed by atoms with Crippen LogP contribution < -0.4 is 0 Å². The van der Waals surface area contributed by atoms with E-state index in [1.807, 2.05) is 0 Å². The van der Waals surface area contributed by atoms with Gasteiger partial charge < -0.3 is 9.47 Å². The van der Waals surface area contributed by atoms with Crippen LogP contribution in [-0.2, 0) is 19.0 Å². The Balaban J connectivity index is 2.17. The van der Waals surface area contributed by atoms with Gasteiger partial charge in [-0.15, -0.1) is 0 Å². The van der Waals surface area contributed by atoms with Gasteiger partial charge in [0.15, 0.2) is 5.78 Å². The van der Waals surface area contributed by atoms with E-state index in [0.717, 1.165) is 0 Å². The number of carbonyl (C=O) groups excluding carboxylic acids is 1. The maximum absolute atomic E-state index is 12.4. The zero-order chi connectivity index (χ0) is 12.3. The van der Waals surface area contributed by atoms with Gasteiger partial charge in [0.1, 0.15) is 13.4 Å². The van der Waals surface area contributed by atoms with E-state index in [4.69, 9.17) is 0 Å². The van der Waals surface area contributed by atoms with Crippen LogP contribution in [0.4, 0.5) is 13.2 Å².